The van der Waals surface area contributed by atoms with Gasteiger partial charge in [0.05, 0.1) is 5.69 Å². The monoisotopic (exact) mass is 270 g/mol. The molecular weight excluding hydrogens is 252 g/mol. The second-order valence-corrected chi connectivity index (χ2v) is 4.55. The maximum absolute atomic E-state index is 11.5. The number of hydrogen-bond acceptors (Lipinski definition) is 3. The van der Waals surface area contributed by atoms with Gasteiger partial charge >= 0.3 is 0 Å². The number of hydrogen-bond donors (Lipinski definition) is 2. The summed E-state index contributed by atoms with van der Waals surface area (Å²) in [6.45, 7) is 2.49. The van der Waals surface area contributed by atoms with Crippen LogP contribution in [0.2, 0.25) is 0 Å². The normalized spacial score (nSPS) is 10.1. The Labute approximate surface area is 118 Å². The smallest absolute Gasteiger partial charge is 0.251 e. The largest absolute Gasteiger partial charge is 0.487 e. The van der Waals surface area contributed by atoms with Crippen molar-refractivity contribution in [1.29, 1.82) is 0 Å². The van der Waals surface area contributed by atoms with Crippen LogP contribution >= 0.6 is 0 Å². The van der Waals surface area contributed by atoms with Gasteiger partial charge < -0.3 is 15.8 Å². The Bertz CT molecular complexity index is 624. The molecule has 0 aliphatic rings. The summed E-state index contributed by atoms with van der Waals surface area (Å²) >= 11 is 0. The number of anilines is 1. The highest BCUT2D eigenvalue weighted by Gasteiger charge is 2.07. The number of amides is 1. The van der Waals surface area contributed by atoms with Crippen LogP contribution in [0.15, 0.2) is 42.5 Å². The number of aryl methyl sites for hydroxylation is 1. The van der Waals surface area contributed by atoms with Gasteiger partial charge in [0.15, 0.2) is 0 Å². The zero-order valence-corrected chi connectivity index (χ0v) is 11.6. The van der Waals surface area contributed by atoms with E-state index in [0.717, 1.165) is 5.56 Å². The first-order chi connectivity index (χ1) is 9.61. The number of carbonyl (C=O) groups excluding carboxylic acids is 1. The molecule has 104 valence electrons. The molecule has 20 heavy (non-hydrogen) atoms. The number of ether oxygens (including phenoxy) is 1. The highest BCUT2D eigenvalue weighted by atomic mass is 16.5. The first-order valence-corrected chi connectivity index (χ1v) is 6.40. The molecular formula is C16H18N2O2. The van der Waals surface area contributed by atoms with E-state index in [1.807, 2.05) is 31.2 Å². The summed E-state index contributed by atoms with van der Waals surface area (Å²) in [5.41, 5.74) is 9.18. The van der Waals surface area contributed by atoms with Gasteiger partial charge in [-0.1, -0.05) is 24.3 Å². The van der Waals surface area contributed by atoms with E-state index in [4.69, 9.17) is 10.5 Å². The maximum atomic E-state index is 11.5. The van der Waals surface area contributed by atoms with Crippen molar-refractivity contribution in [3.63, 3.8) is 0 Å². The van der Waals surface area contributed by atoms with Crippen molar-refractivity contribution >= 4 is 11.6 Å². The van der Waals surface area contributed by atoms with Crippen molar-refractivity contribution in [2.24, 2.45) is 0 Å². The Balaban J connectivity index is 2.11. The number of nitrogens with two attached hydrogens (primary N) is 1. The molecule has 0 saturated heterocycles. The van der Waals surface area contributed by atoms with Gasteiger partial charge in [0.1, 0.15) is 12.4 Å². The quantitative estimate of drug-likeness (QED) is 0.839. The summed E-state index contributed by atoms with van der Waals surface area (Å²) in [5, 5.41) is 2.56. The highest BCUT2D eigenvalue weighted by Crippen LogP contribution is 2.24. The Morgan fingerprint density at radius 1 is 1.25 bits per heavy atom. The summed E-state index contributed by atoms with van der Waals surface area (Å²) < 4.78 is 5.72. The van der Waals surface area contributed by atoms with Crippen LogP contribution in [0.4, 0.5) is 5.69 Å². The molecule has 0 radical (unpaired) electrons. The maximum Gasteiger partial charge on any atom is 0.251 e. The van der Waals surface area contributed by atoms with Crippen LogP contribution in [0.3, 0.4) is 0 Å². The molecule has 2 aromatic carbocycles. The van der Waals surface area contributed by atoms with Crippen molar-refractivity contribution in [2.45, 2.75) is 13.5 Å². The summed E-state index contributed by atoms with van der Waals surface area (Å²) in [5.74, 6) is 0.419. The van der Waals surface area contributed by atoms with Crippen LogP contribution in [0, 0.1) is 6.92 Å². The summed E-state index contributed by atoms with van der Waals surface area (Å²) in [4.78, 5) is 11.5. The topological polar surface area (TPSA) is 64.3 Å². The van der Waals surface area contributed by atoms with Gasteiger partial charge in [0.25, 0.3) is 5.91 Å². The number of carbonyl (C=O) groups is 1. The van der Waals surface area contributed by atoms with E-state index in [-0.39, 0.29) is 5.91 Å². The van der Waals surface area contributed by atoms with E-state index >= 15 is 0 Å². The third-order valence-electron chi connectivity index (χ3n) is 3.14. The SMILES string of the molecule is CNC(=O)c1ccc(OCc2ccccc2C)c(N)c1. The third kappa shape index (κ3) is 3.09. The van der Waals surface area contributed by atoms with E-state index in [1.165, 1.54) is 5.56 Å². The minimum Gasteiger partial charge on any atom is -0.487 e. The lowest BCUT2D eigenvalue weighted by Gasteiger charge is -2.11. The summed E-state index contributed by atoms with van der Waals surface area (Å²) in [7, 11) is 1.58. The van der Waals surface area contributed by atoms with Gasteiger partial charge in [0, 0.05) is 12.6 Å². The second kappa shape index (κ2) is 6.10. The van der Waals surface area contributed by atoms with E-state index in [0.29, 0.717) is 23.6 Å². The number of benzene rings is 2. The van der Waals surface area contributed by atoms with Gasteiger partial charge in [-0.05, 0) is 36.2 Å². The lowest BCUT2D eigenvalue weighted by molar-refractivity contribution is 0.0963. The number of nitrogens with one attached hydrogen (secondary N) is 1. The molecule has 0 aliphatic carbocycles. The van der Waals surface area contributed by atoms with Crippen molar-refractivity contribution < 1.29 is 9.53 Å². The molecule has 0 aromatic heterocycles. The standard InChI is InChI=1S/C16H18N2O2/c1-11-5-3-4-6-13(11)10-20-15-8-7-12(9-14(15)17)16(19)18-2/h3-9H,10,17H2,1-2H3,(H,18,19). The molecule has 0 aliphatic heterocycles. The van der Waals surface area contributed by atoms with E-state index < -0.39 is 0 Å². The Morgan fingerprint density at radius 3 is 2.65 bits per heavy atom. The van der Waals surface area contributed by atoms with Crippen LogP contribution in [-0.2, 0) is 6.61 Å². The predicted octanol–water partition coefficient (Wildman–Crippen LogP) is 2.52. The Hall–Kier alpha value is -2.49. The number of nitrogen functional groups attached to an aromatic ring is 1. The molecule has 4 nitrogen and oxygen atoms in total. The molecule has 4 heteroatoms. The van der Waals surface area contributed by atoms with Gasteiger partial charge in [0.2, 0.25) is 0 Å². The molecule has 0 spiro atoms. The molecule has 2 aromatic rings. The lowest BCUT2D eigenvalue weighted by atomic mass is 10.1. The molecule has 0 unspecified atom stereocenters. The van der Waals surface area contributed by atoms with Crippen molar-refractivity contribution in [2.75, 3.05) is 12.8 Å². The summed E-state index contributed by atoms with van der Waals surface area (Å²) in [6.07, 6.45) is 0. The molecule has 0 fully saturated rings. The molecule has 2 rings (SSSR count). The van der Waals surface area contributed by atoms with Crippen LogP contribution in [0.1, 0.15) is 21.5 Å². The van der Waals surface area contributed by atoms with Crippen molar-refractivity contribution in [1.82, 2.24) is 5.32 Å². The number of rotatable bonds is 4. The fraction of sp³-hybridized carbons (Fsp3) is 0.188. The first kappa shape index (κ1) is 13.9. The van der Waals surface area contributed by atoms with Crippen LogP contribution in [-0.4, -0.2) is 13.0 Å². The van der Waals surface area contributed by atoms with Gasteiger partial charge in [-0.2, -0.15) is 0 Å². The second-order valence-electron chi connectivity index (χ2n) is 4.55. The Morgan fingerprint density at radius 2 is 2.00 bits per heavy atom. The van der Waals surface area contributed by atoms with Crippen LogP contribution in [0.5, 0.6) is 5.75 Å². The van der Waals surface area contributed by atoms with Gasteiger partial charge in [-0.15, -0.1) is 0 Å². The highest BCUT2D eigenvalue weighted by molar-refractivity contribution is 5.95. The minimum absolute atomic E-state index is 0.165. The summed E-state index contributed by atoms with van der Waals surface area (Å²) in [6, 6.07) is 13.1. The zero-order chi connectivity index (χ0) is 14.5. The molecule has 0 saturated carbocycles. The molecule has 3 N–H and O–H groups in total. The van der Waals surface area contributed by atoms with E-state index in [2.05, 4.69) is 5.32 Å². The fourth-order valence-corrected chi connectivity index (χ4v) is 1.89. The van der Waals surface area contributed by atoms with Gasteiger partial charge in [-0.25, -0.2) is 0 Å². The Kier molecular flexibility index (Phi) is 4.25. The molecule has 0 bridgehead atoms. The van der Waals surface area contributed by atoms with Crippen molar-refractivity contribution in [3.05, 3.63) is 59.2 Å². The average Bonchev–Trinajstić information content (AvgIpc) is 2.46. The lowest BCUT2D eigenvalue weighted by Crippen LogP contribution is -2.17. The van der Waals surface area contributed by atoms with Crippen LogP contribution < -0.4 is 15.8 Å². The minimum atomic E-state index is -0.165. The molecule has 0 heterocycles. The fourth-order valence-electron chi connectivity index (χ4n) is 1.89. The van der Waals surface area contributed by atoms with E-state index in [9.17, 15) is 4.79 Å². The third-order valence-corrected chi connectivity index (χ3v) is 3.14. The molecule has 1 amide bonds. The van der Waals surface area contributed by atoms with Crippen LogP contribution in [0.25, 0.3) is 0 Å². The van der Waals surface area contributed by atoms with Gasteiger partial charge in [-0.3, -0.25) is 4.79 Å². The predicted molar refractivity (Wildman–Crippen MR) is 79.8 cm³/mol. The average molecular weight is 270 g/mol. The van der Waals surface area contributed by atoms with Crippen molar-refractivity contribution in [3.8, 4) is 5.75 Å². The zero-order valence-electron chi connectivity index (χ0n) is 11.6. The molecule has 0 atom stereocenters. The van der Waals surface area contributed by atoms with E-state index in [1.54, 1.807) is 25.2 Å². The first-order valence-electron chi connectivity index (χ1n) is 6.40.